The molecule has 0 N–H and O–H groups in total. The molecule has 0 nitrogen and oxygen atoms in total. The molecule has 0 aliphatic rings. The topological polar surface area (TPSA) is 0 Å². The van der Waals surface area contributed by atoms with Gasteiger partial charge in [0.05, 0.1) is 0 Å². The first kappa shape index (κ1) is 4.30. The van der Waals surface area contributed by atoms with Crippen molar-refractivity contribution in [1.29, 1.82) is 0 Å². The van der Waals surface area contributed by atoms with Crippen molar-refractivity contribution in [2.24, 2.45) is 0 Å². The highest BCUT2D eigenvalue weighted by Crippen LogP contribution is 1.57. The van der Waals surface area contributed by atoms with Crippen LogP contribution in [0, 0.1) is 19.3 Å². The molecule has 0 aromatic heterocycles. The fourth-order valence-corrected chi connectivity index (χ4v) is 0.0589. The molecule has 0 saturated carbocycles. The molecule has 0 amide bonds. The molecule has 0 fully saturated rings. The zero-order valence-corrected chi connectivity index (χ0v) is 2.86. The standard InChI is InChI=1S/C5H4/c1-3-5-4-2/h3,5H,1H2. The summed E-state index contributed by atoms with van der Waals surface area (Å²) in [5, 5.41) is 0. The van der Waals surface area contributed by atoms with Gasteiger partial charge in [0.1, 0.15) is 0 Å². The molecule has 0 bridgehead atoms. The Morgan fingerprint density at radius 3 is 2.40 bits per heavy atom. The quantitative estimate of drug-likeness (QED) is 0.368. The molecule has 0 heteroatoms. The summed E-state index contributed by atoms with van der Waals surface area (Å²) in [6, 6.07) is 0. The fraction of sp³-hybridized carbons (Fsp3) is 0. The maximum absolute atomic E-state index is 6.23. The van der Waals surface area contributed by atoms with Gasteiger partial charge < -0.3 is 0 Å². The molecule has 0 heterocycles. The van der Waals surface area contributed by atoms with Crippen LogP contribution < -0.4 is 0 Å². The average molecular weight is 64.1 g/mol. The van der Waals surface area contributed by atoms with Gasteiger partial charge in [-0.15, -0.1) is 0 Å². The van der Waals surface area contributed by atoms with E-state index in [0.717, 1.165) is 0 Å². The van der Waals surface area contributed by atoms with Crippen molar-refractivity contribution in [3.05, 3.63) is 25.5 Å². The Balaban J connectivity index is 3.04. The van der Waals surface area contributed by atoms with Crippen molar-refractivity contribution in [2.45, 2.75) is 0 Å². The van der Waals surface area contributed by atoms with Crippen LogP contribution in [0.25, 0.3) is 0 Å². The zero-order valence-electron chi connectivity index (χ0n) is 2.86. The number of allylic oxidation sites excluding steroid dienone is 2. The van der Waals surface area contributed by atoms with E-state index in [0.29, 0.717) is 0 Å². The molecule has 0 saturated heterocycles. The highest BCUT2D eigenvalue weighted by molar-refractivity contribution is 5.05. The fourth-order valence-electron chi connectivity index (χ4n) is 0.0589. The summed E-state index contributed by atoms with van der Waals surface area (Å²) in [6.07, 6.45) is 9.16. The van der Waals surface area contributed by atoms with Crippen LogP contribution in [0.3, 0.4) is 0 Å². The molecule has 2 radical (unpaired) electrons. The van der Waals surface area contributed by atoms with Gasteiger partial charge in [-0.2, -0.15) is 0 Å². The molecular weight excluding hydrogens is 60.1 g/mol. The third-order valence-electron chi connectivity index (χ3n) is 0.201. The Morgan fingerprint density at radius 2 is 2.40 bits per heavy atom. The van der Waals surface area contributed by atoms with Crippen LogP contribution in [-0.2, 0) is 0 Å². The van der Waals surface area contributed by atoms with Crippen LogP contribution in [0.5, 0.6) is 0 Å². The molecule has 0 spiro atoms. The van der Waals surface area contributed by atoms with Crippen molar-refractivity contribution in [2.75, 3.05) is 0 Å². The second-order valence-corrected chi connectivity index (χ2v) is 0.547. The summed E-state index contributed by atoms with van der Waals surface area (Å²) in [5.74, 6) is 2.02. The van der Waals surface area contributed by atoms with Gasteiger partial charge >= 0.3 is 0 Å². The lowest BCUT2D eigenvalue weighted by Crippen LogP contribution is -1.35. The van der Waals surface area contributed by atoms with E-state index in [2.05, 4.69) is 6.92 Å². The van der Waals surface area contributed by atoms with E-state index >= 15 is 0 Å². The number of hydrogen-bond donors (Lipinski definition) is 0. The van der Waals surface area contributed by atoms with Gasteiger partial charge in [-0.05, 0) is 19.4 Å². The number of hydrogen-bond acceptors (Lipinski definition) is 0. The van der Waals surface area contributed by atoms with Gasteiger partial charge in [0.15, 0.2) is 0 Å². The van der Waals surface area contributed by atoms with E-state index in [1.165, 1.54) is 12.2 Å². The lowest BCUT2D eigenvalue weighted by molar-refractivity contribution is 2.06. The van der Waals surface area contributed by atoms with Gasteiger partial charge in [-0.25, -0.2) is 0 Å². The molecule has 5 heavy (non-hydrogen) atoms. The average Bonchev–Trinajstić information content (AvgIpc) is 1.41. The summed E-state index contributed by atoms with van der Waals surface area (Å²) < 4.78 is 0. The monoisotopic (exact) mass is 64.0 g/mol. The summed E-state index contributed by atoms with van der Waals surface area (Å²) in [5.41, 5.74) is 0. The van der Waals surface area contributed by atoms with Crippen LogP contribution in [0.1, 0.15) is 0 Å². The predicted molar refractivity (Wildman–Crippen MR) is 21.6 cm³/mol. The molecule has 0 rings (SSSR count). The lowest BCUT2D eigenvalue weighted by atomic mass is 10.6. The predicted octanol–water partition coefficient (Wildman–Crippen LogP) is 0.966. The lowest BCUT2D eigenvalue weighted by Gasteiger charge is -1.50. The third-order valence-corrected chi connectivity index (χ3v) is 0.201. The van der Waals surface area contributed by atoms with Crippen LogP contribution in [0.4, 0.5) is 0 Å². The van der Waals surface area contributed by atoms with Crippen molar-refractivity contribution >= 4 is 0 Å². The summed E-state index contributed by atoms with van der Waals surface area (Å²) in [4.78, 5) is 0. The summed E-state index contributed by atoms with van der Waals surface area (Å²) in [7, 11) is 0. The van der Waals surface area contributed by atoms with Gasteiger partial charge in [-0.3, -0.25) is 0 Å². The molecule has 24 valence electrons. The molecule has 0 unspecified atom stereocenters. The van der Waals surface area contributed by atoms with E-state index in [1.54, 1.807) is 0 Å². The van der Waals surface area contributed by atoms with E-state index in [9.17, 15) is 0 Å². The van der Waals surface area contributed by atoms with Crippen molar-refractivity contribution in [1.82, 2.24) is 0 Å². The van der Waals surface area contributed by atoms with Crippen molar-refractivity contribution in [3.63, 3.8) is 0 Å². The maximum atomic E-state index is 6.23. The van der Waals surface area contributed by atoms with E-state index < -0.39 is 0 Å². The smallest absolute Gasteiger partial charge is 0.0102 e. The minimum absolute atomic E-state index is 1.43. The first-order chi connectivity index (χ1) is 2.41. The highest BCUT2D eigenvalue weighted by Gasteiger charge is 1.42. The molecule has 0 aromatic rings. The van der Waals surface area contributed by atoms with Crippen molar-refractivity contribution in [3.8, 4) is 5.92 Å². The first-order valence-corrected chi connectivity index (χ1v) is 1.28. The Morgan fingerprint density at radius 1 is 1.80 bits per heavy atom. The Hall–Kier alpha value is -0.700. The number of rotatable bonds is 0. The maximum Gasteiger partial charge on any atom is -0.0102 e. The first-order valence-electron chi connectivity index (χ1n) is 1.28. The minimum atomic E-state index is 1.43. The zero-order chi connectivity index (χ0) is 4.12. The second kappa shape index (κ2) is 3.30. The second-order valence-electron chi connectivity index (χ2n) is 0.547. The minimum Gasteiger partial charge on any atom is -0.0758 e. The van der Waals surface area contributed by atoms with Gasteiger partial charge in [0.2, 0.25) is 0 Å². The Labute approximate surface area is 32.5 Å². The Kier molecular flexibility index (Phi) is 2.84. The van der Waals surface area contributed by atoms with Crippen LogP contribution in [-0.4, -0.2) is 0 Å². The summed E-state index contributed by atoms with van der Waals surface area (Å²) in [6.45, 7) is 3.31. The molecular formula is C5H4. The molecule has 0 aromatic carbocycles. The highest BCUT2D eigenvalue weighted by atomic mass is 13.5. The van der Waals surface area contributed by atoms with Crippen molar-refractivity contribution < 1.29 is 0 Å². The van der Waals surface area contributed by atoms with E-state index in [1.807, 2.05) is 5.92 Å². The normalized spacial score (nSPS) is 8.00. The van der Waals surface area contributed by atoms with Crippen LogP contribution in [0.15, 0.2) is 12.2 Å². The van der Waals surface area contributed by atoms with E-state index in [4.69, 9.17) is 6.42 Å². The largest absolute Gasteiger partial charge is 0.0758 e. The Bertz CT molecular complexity index is 62.6. The molecule has 0 atom stereocenters. The molecule has 0 aliphatic carbocycles. The van der Waals surface area contributed by atoms with Crippen LogP contribution in [0.2, 0.25) is 0 Å². The third kappa shape index (κ3) is 3.30. The van der Waals surface area contributed by atoms with Gasteiger partial charge in [-0.1, -0.05) is 12.0 Å². The SMILES string of the molecule is [C]#CC=C[CH2]. The summed E-state index contributed by atoms with van der Waals surface area (Å²) >= 11 is 0. The van der Waals surface area contributed by atoms with Gasteiger partial charge in [0, 0.05) is 0 Å². The van der Waals surface area contributed by atoms with Gasteiger partial charge in [0.25, 0.3) is 0 Å². The van der Waals surface area contributed by atoms with Crippen LogP contribution >= 0.6 is 0 Å². The van der Waals surface area contributed by atoms with E-state index in [-0.39, 0.29) is 0 Å². The molecule has 0 aliphatic heterocycles.